The summed E-state index contributed by atoms with van der Waals surface area (Å²) in [6.07, 6.45) is 1.32. The molecular weight excluding hydrogens is 160 g/mol. The molecule has 0 aromatic heterocycles. The molecule has 0 amide bonds. The normalized spacial score (nSPS) is 27.9. The van der Waals surface area contributed by atoms with E-state index in [0.717, 1.165) is 25.0 Å². The first kappa shape index (κ1) is 11.0. The smallest absolute Gasteiger partial charge is 0.0195 e. The minimum Gasteiger partial charge on any atom is -0.314 e. The fraction of sp³-hybridized carbons (Fsp3) is 1.00. The number of nitrogens with one attached hydrogen (secondary N) is 1. The highest BCUT2D eigenvalue weighted by molar-refractivity contribution is 4.80. The van der Waals surface area contributed by atoms with Crippen molar-refractivity contribution >= 4 is 0 Å². The molecule has 1 saturated heterocycles. The van der Waals surface area contributed by atoms with Crippen LogP contribution in [0.4, 0.5) is 0 Å². The molecule has 0 aliphatic carbocycles. The van der Waals surface area contributed by atoms with Crippen molar-refractivity contribution in [1.82, 2.24) is 10.2 Å². The predicted octanol–water partition coefficient (Wildman–Crippen LogP) is 1.71. The summed E-state index contributed by atoms with van der Waals surface area (Å²) in [7, 11) is 0. The average molecular weight is 184 g/mol. The zero-order valence-electron chi connectivity index (χ0n) is 9.51. The predicted molar refractivity (Wildman–Crippen MR) is 58.0 cm³/mol. The van der Waals surface area contributed by atoms with Crippen molar-refractivity contribution in [3.05, 3.63) is 0 Å². The lowest BCUT2D eigenvalue weighted by Crippen LogP contribution is -2.53. The van der Waals surface area contributed by atoms with Crippen LogP contribution in [0, 0.1) is 5.92 Å². The lowest BCUT2D eigenvalue weighted by atomic mass is 10.0. The van der Waals surface area contributed by atoms with E-state index in [1.165, 1.54) is 13.0 Å². The quantitative estimate of drug-likeness (QED) is 0.718. The molecule has 1 aliphatic heterocycles. The van der Waals surface area contributed by atoms with Crippen LogP contribution in [0.5, 0.6) is 0 Å². The summed E-state index contributed by atoms with van der Waals surface area (Å²) in [4.78, 5) is 2.64. The van der Waals surface area contributed by atoms with Gasteiger partial charge in [-0.05, 0) is 26.2 Å². The molecule has 0 aromatic rings. The SMILES string of the molecule is CC(C)CC(C)N1CCNC[C@@H]1C. The lowest BCUT2D eigenvalue weighted by molar-refractivity contribution is 0.112. The van der Waals surface area contributed by atoms with Gasteiger partial charge in [0.25, 0.3) is 0 Å². The average Bonchev–Trinajstić information content (AvgIpc) is 2.03. The molecule has 0 radical (unpaired) electrons. The first-order valence-electron chi connectivity index (χ1n) is 5.57. The van der Waals surface area contributed by atoms with Crippen LogP contribution in [0.15, 0.2) is 0 Å². The second kappa shape index (κ2) is 4.97. The molecular formula is C11H24N2. The van der Waals surface area contributed by atoms with Gasteiger partial charge in [-0.2, -0.15) is 0 Å². The van der Waals surface area contributed by atoms with Gasteiger partial charge in [0.05, 0.1) is 0 Å². The second-order valence-electron chi connectivity index (χ2n) is 4.77. The molecule has 1 fully saturated rings. The van der Waals surface area contributed by atoms with Crippen LogP contribution in [0.2, 0.25) is 0 Å². The van der Waals surface area contributed by atoms with Crippen LogP contribution in [0.25, 0.3) is 0 Å². The Labute approximate surface area is 82.7 Å². The highest BCUT2D eigenvalue weighted by atomic mass is 15.2. The van der Waals surface area contributed by atoms with Crippen LogP contribution in [-0.2, 0) is 0 Å². The lowest BCUT2D eigenvalue weighted by Gasteiger charge is -2.39. The van der Waals surface area contributed by atoms with Gasteiger partial charge < -0.3 is 5.32 Å². The first-order chi connectivity index (χ1) is 6.11. The van der Waals surface area contributed by atoms with E-state index < -0.39 is 0 Å². The monoisotopic (exact) mass is 184 g/mol. The largest absolute Gasteiger partial charge is 0.314 e. The summed E-state index contributed by atoms with van der Waals surface area (Å²) >= 11 is 0. The first-order valence-corrected chi connectivity index (χ1v) is 5.57. The van der Waals surface area contributed by atoms with Crippen molar-refractivity contribution in [2.45, 2.75) is 46.2 Å². The van der Waals surface area contributed by atoms with Crippen molar-refractivity contribution in [2.24, 2.45) is 5.92 Å². The minimum absolute atomic E-state index is 0.711. The fourth-order valence-corrected chi connectivity index (χ4v) is 2.33. The molecule has 1 aliphatic rings. The second-order valence-corrected chi connectivity index (χ2v) is 4.77. The maximum Gasteiger partial charge on any atom is 0.0195 e. The van der Waals surface area contributed by atoms with Crippen LogP contribution in [0.3, 0.4) is 0 Å². The highest BCUT2D eigenvalue weighted by Crippen LogP contribution is 2.14. The topological polar surface area (TPSA) is 15.3 Å². The van der Waals surface area contributed by atoms with Gasteiger partial charge in [-0.1, -0.05) is 13.8 Å². The molecule has 0 saturated carbocycles. The molecule has 2 atom stereocenters. The van der Waals surface area contributed by atoms with E-state index in [1.54, 1.807) is 0 Å². The zero-order chi connectivity index (χ0) is 9.84. The zero-order valence-corrected chi connectivity index (χ0v) is 9.51. The Morgan fingerprint density at radius 1 is 1.38 bits per heavy atom. The van der Waals surface area contributed by atoms with Crippen molar-refractivity contribution in [3.8, 4) is 0 Å². The fourth-order valence-electron chi connectivity index (χ4n) is 2.33. The maximum atomic E-state index is 3.43. The molecule has 1 heterocycles. The number of hydrogen-bond donors (Lipinski definition) is 1. The molecule has 2 heteroatoms. The van der Waals surface area contributed by atoms with Gasteiger partial charge in [-0.3, -0.25) is 4.90 Å². The Bertz CT molecular complexity index is 145. The van der Waals surface area contributed by atoms with Crippen molar-refractivity contribution in [1.29, 1.82) is 0 Å². The molecule has 1 rings (SSSR count). The number of hydrogen-bond acceptors (Lipinski definition) is 2. The molecule has 0 aromatic carbocycles. The van der Waals surface area contributed by atoms with E-state index in [9.17, 15) is 0 Å². The highest BCUT2D eigenvalue weighted by Gasteiger charge is 2.22. The van der Waals surface area contributed by atoms with Crippen LogP contribution in [0.1, 0.15) is 34.1 Å². The van der Waals surface area contributed by atoms with Gasteiger partial charge in [-0.15, -0.1) is 0 Å². The number of piperazine rings is 1. The Morgan fingerprint density at radius 3 is 2.62 bits per heavy atom. The third-order valence-corrected chi connectivity index (χ3v) is 2.93. The van der Waals surface area contributed by atoms with Crippen LogP contribution < -0.4 is 5.32 Å². The summed E-state index contributed by atoms with van der Waals surface area (Å²) in [6, 6.07) is 1.46. The van der Waals surface area contributed by atoms with E-state index in [1.807, 2.05) is 0 Å². The van der Waals surface area contributed by atoms with E-state index in [-0.39, 0.29) is 0 Å². The molecule has 1 N–H and O–H groups in total. The third-order valence-electron chi connectivity index (χ3n) is 2.93. The summed E-state index contributed by atoms with van der Waals surface area (Å²) < 4.78 is 0. The van der Waals surface area contributed by atoms with Crippen molar-refractivity contribution < 1.29 is 0 Å². The summed E-state index contributed by atoms with van der Waals surface area (Å²) in [5.41, 5.74) is 0. The van der Waals surface area contributed by atoms with Crippen molar-refractivity contribution in [3.63, 3.8) is 0 Å². The molecule has 1 unspecified atom stereocenters. The van der Waals surface area contributed by atoms with Gasteiger partial charge in [0.1, 0.15) is 0 Å². The summed E-state index contributed by atoms with van der Waals surface area (Å²) in [5.74, 6) is 0.817. The van der Waals surface area contributed by atoms with Gasteiger partial charge in [0.15, 0.2) is 0 Å². The number of nitrogens with zero attached hydrogens (tertiary/aromatic N) is 1. The molecule has 78 valence electrons. The van der Waals surface area contributed by atoms with Gasteiger partial charge in [-0.25, -0.2) is 0 Å². The van der Waals surface area contributed by atoms with E-state index in [2.05, 4.69) is 37.9 Å². The Balaban J connectivity index is 2.39. The Kier molecular flexibility index (Phi) is 4.20. The molecule has 0 spiro atoms. The van der Waals surface area contributed by atoms with Crippen LogP contribution in [-0.4, -0.2) is 36.6 Å². The Morgan fingerprint density at radius 2 is 2.08 bits per heavy atom. The Hall–Kier alpha value is -0.0800. The molecule has 0 bridgehead atoms. The van der Waals surface area contributed by atoms with Gasteiger partial charge >= 0.3 is 0 Å². The van der Waals surface area contributed by atoms with E-state index >= 15 is 0 Å². The van der Waals surface area contributed by atoms with Crippen LogP contribution >= 0.6 is 0 Å². The van der Waals surface area contributed by atoms with E-state index in [4.69, 9.17) is 0 Å². The third kappa shape index (κ3) is 3.28. The van der Waals surface area contributed by atoms with Gasteiger partial charge in [0, 0.05) is 31.7 Å². The summed E-state index contributed by atoms with van der Waals surface area (Å²) in [6.45, 7) is 12.8. The van der Waals surface area contributed by atoms with Gasteiger partial charge in [0.2, 0.25) is 0 Å². The minimum atomic E-state index is 0.711. The van der Waals surface area contributed by atoms with Crippen molar-refractivity contribution in [2.75, 3.05) is 19.6 Å². The number of rotatable bonds is 3. The summed E-state index contributed by atoms with van der Waals surface area (Å²) in [5, 5.41) is 3.43. The molecule has 13 heavy (non-hydrogen) atoms. The molecule has 2 nitrogen and oxygen atoms in total. The standard InChI is InChI=1S/C11H24N2/c1-9(2)7-10(3)13-6-5-12-8-11(13)4/h9-12H,5-8H2,1-4H3/t10?,11-/m0/s1. The van der Waals surface area contributed by atoms with E-state index in [0.29, 0.717) is 6.04 Å². The maximum absolute atomic E-state index is 3.43.